The Morgan fingerprint density at radius 1 is 1.00 bits per heavy atom. The molecular formula is C28H33N3O4SSi. The predicted molar refractivity (Wildman–Crippen MR) is 147 cm³/mol. The molecule has 0 fully saturated rings. The van der Waals surface area contributed by atoms with Gasteiger partial charge in [0.15, 0.2) is 0 Å². The molecule has 2 aromatic carbocycles. The molecule has 0 atom stereocenters. The minimum absolute atomic E-state index is 0.0436. The highest BCUT2D eigenvalue weighted by Gasteiger charge is 2.22. The summed E-state index contributed by atoms with van der Waals surface area (Å²) in [7, 11) is -5.57. The molecule has 2 aromatic rings. The van der Waals surface area contributed by atoms with Crippen LogP contribution >= 0.6 is 0 Å². The highest BCUT2D eigenvalue weighted by molar-refractivity contribution is 7.89. The van der Waals surface area contributed by atoms with Crippen molar-refractivity contribution in [2.24, 2.45) is 0 Å². The zero-order valence-corrected chi connectivity index (χ0v) is 23.6. The minimum Gasteiger partial charge on any atom is -0.444 e. The van der Waals surface area contributed by atoms with Crippen molar-refractivity contribution in [2.75, 3.05) is 19.6 Å². The van der Waals surface area contributed by atoms with Gasteiger partial charge in [-0.25, -0.2) is 17.5 Å². The van der Waals surface area contributed by atoms with E-state index in [2.05, 4.69) is 43.1 Å². The maximum absolute atomic E-state index is 13.2. The second-order valence-electron chi connectivity index (χ2n) is 9.39. The predicted octanol–water partition coefficient (Wildman–Crippen LogP) is 4.77. The lowest BCUT2D eigenvalue weighted by Crippen LogP contribution is -2.32. The third-order valence-electron chi connectivity index (χ3n) is 4.95. The molecule has 0 radical (unpaired) electrons. The molecule has 0 aliphatic carbocycles. The Kier molecular flexibility index (Phi) is 11.3. The Hall–Kier alpha value is -3.71. The van der Waals surface area contributed by atoms with Crippen LogP contribution in [0.25, 0.3) is 0 Å². The Morgan fingerprint density at radius 2 is 1.68 bits per heavy atom. The van der Waals surface area contributed by atoms with Crippen molar-refractivity contribution in [3.8, 4) is 29.5 Å². The molecule has 37 heavy (non-hydrogen) atoms. The van der Waals surface area contributed by atoms with E-state index < -0.39 is 24.2 Å². The molecule has 0 heterocycles. The topological polar surface area (TPSA) is 90.7 Å². The smallest absolute Gasteiger partial charge is 0.411 e. The SMILES string of the molecule is Cc1ccc(S(=O)(=O)N(C#C[Si](C)(C)C)CCCC#CCN(CC#N)C(=O)OCc2ccccc2)cc1. The van der Waals surface area contributed by atoms with Crippen LogP contribution in [-0.2, 0) is 21.4 Å². The number of rotatable bonds is 9. The van der Waals surface area contributed by atoms with Crippen molar-refractivity contribution in [1.82, 2.24) is 9.21 Å². The van der Waals surface area contributed by atoms with E-state index >= 15 is 0 Å². The van der Waals surface area contributed by atoms with Gasteiger partial charge in [0.1, 0.15) is 21.2 Å². The van der Waals surface area contributed by atoms with Crippen molar-refractivity contribution >= 4 is 24.2 Å². The molecule has 0 spiro atoms. The van der Waals surface area contributed by atoms with Gasteiger partial charge in [0.2, 0.25) is 0 Å². The summed E-state index contributed by atoms with van der Waals surface area (Å²) in [5.41, 5.74) is 4.96. The maximum Gasteiger partial charge on any atom is 0.411 e. The van der Waals surface area contributed by atoms with E-state index in [0.717, 1.165) is 11.1 Å². The van der Waals surface area contributed by atoms with Crippen LogP contribution in [0.1, 0.15) is 24.0 Å². The number of ether oxygens (including phenoxy) is 1. The van der Waals surface area contributed by atoms with Gasteiger partial charge in [-0.1, -0.05) is 73.6 Å². The second-order valence-corrected chi connectivity index (χ2v) is 16.0. The number of hydrogen-bond donors (Lipinski definition) is 0. The number of hydrogen-bond acceptors (Lipinski definition) is 5. The van der Waals surface area contributed by atoms with E-state index in [0.29, 0.717) is 12.8 Å². The first-order valence-corrected chi connectivity index (χ1v) is 16.9. The zero-order valence-electron chi connectivity index (χ0n) is 21.8. The highest BCUT2D eigenvalue weighted by Crippen LogP contribution is 2.17. The molecule has 194 valence electrons. The van der Waals surface area contributed by atoms with Gasteiger partial charge >= 0.3 is 6.09 Å². The van der Waals surface area contributed by atoms with Gasteiger partial charge in [-0.2, -0.15) is 5.26 Å². The summed E-state index contributed by atoms with van der Waals surface area (Å²) < 4.78 is 32.9. The molecule has 0 aromatic heterocycles. The van der Waals surface area contributed by atoms with E-state index in [1.54, 1.807) is 24.3 Å². The fourth-order valence-corrected chi connectivity index (χ4v) is 4.76. The summed E-state index contributed by atoms with van der Waals surface area (Å²) in [5.74, 6) is 5.84. The van der Waals surface area contributed by atoms with Gasteiger partial charge in [-0.05, 0) is 31.0 Å². The second kappa shape index (κ2) is 14.1. The van der Waals surface area contributed by atoms with E-state index in [1.165, 1.54) is 9.21 Å². The number of nitriles is 1. The molecule has 9 heteroatoms. The maximum atomic E-state index is 13.2. The Labute approximate surface area is 222 Å². The van der Waals surface area contributed by atoms with Crippen LogP contribution in [0.2, 0.25) is 19.6 Å². The lowest BCUT2D eigenvalue weighted by atomic mass is 10.2. The van der Waals surface area contributed by atoms with Crippen molar-refractivity contribution in [2.45, 2.75) is 50.9 Å². The van der Waals surface area contributed by atoms with E-state index in [4.69, 9.17) is 10.00 Å². The van der Waals surface area contributed by atoms with Crippen molar-refractivity contribution in [3.05, 3.63) is 65.7 Å². The van der Waals surface area contributed by atoms with Crippen LogP contribution < -0.4 is 0 Å². The number of unbranched alkanes of at least 4 members (excludes halogenated alkanes) is 1. The van der Waals surface area contributed by atoms with Gasteiger partial charge in [0.25, 0.3) is 10.0 Å². The summed E-state index contributed by atoms with van der Waals surface area (Å²) >= 11 is 0. The zero-order chi connectivity index (χ0) is 27.3. The Bertz CT molecular complexity index is 1310. The van der Waals surface area contributed by atoms with Crippen LogP contribution in [-0.4, -0.2) is 51.4 Å². The van der Waals surface area contributed by atoms with Gasteiger partial charge in [-0.15, -0.1) is 11.5 Å². The summed E-state index contributed by atoms with van der Waals surface area (Å²) in [6, 6.07) is 20.8. The standard InChI is InChI=1S/C28H33N3O4SSi/c1-25-14-16-27(17-15-25)36(33,34)31(22-23-37(2,3)4)20-11-6-5-10-19-30(21-18-29)28(32)35-24-26-12-8-7-9-13-26/h7-9,12-17H,6,11,19-21,24H2,1-4H3. The van der Waals surface area contributed by atoms with Crippen molar-refractivity contribution in [3.63, 3.8) is 0 Å². The minimum atomic E-state index is -3.77. The number of carbonyl (C=O) groups excluding carboxylic acids is 1. The molecule has 0 aliphatic heterocycles. The first kappa shape index (κ1) is 29.5. The van der Waals surface area contributed by atoms with Crippen molar-refractivity contribution < 1.29 is 17.9 Å². The summed E-state index contributed by atoms with van der Waals surface area (Å²) in [4.78, 5) is 13.8. The normalized spacial score (nSPS) is 10.7. The molecule has 0 bridgehead atoms. The summed E-state index contributed by atoms with van der Waals surface area (Å²) in [5, 5.41) is 9.05. The average Bonchev–Trinajstić information content (AvgIpc) is 2.85. The largest absolute Gasteiger partial charge is 0.444 e. The lowest BCUT2D eigenvalue weighted by Gasteiger charge is -2.18. The van der Waals surface area contributed by atoms with Crippen LogP contribution in [0.3, 0.4) is 0 Å². The molecule has 0 N–H and O–H groups in total. The summed E-state index contributed by atoms with van der Waals surface area (Å²) in [6.07, 6.45) is 0.264. The Balaban J connectivity index is 1.98. The molecule has 0 saturated heterocycles. The molecule has 1 amide bonds. The number of aryl methyl sites for hydroxylation is 1. The lowest BCUT2D eigenvalue weighted by molar-refractivity contribution is 0.105. The number of carbonyl (C=O) groups is 1. The van der Waals surface area contributed by atoms with Gasteiger partial charge < -0.3 is 4.74 Å². The summed E-state index contributed by atoms with van der Waals surface area (Å²) in [6.45, 7) is 8.28. The van der Waals surface area contributed by atoms with Crippen molar-refractivity contribution in [1.29, 1.82) is 5.26 Å². The van der Waals surface area contributed by atoms with Crippen LogP contribution in [0, 0.1) is 41.7 Å². The average molecular weight is 536 g/mol. The van der Waals surface area contributed by atoms with Gasteiger partial charge in [0, 0.05) is 19.0 Å². The molecule has 0 aliphatic rings. The third kappa shape index (κ3) is 10.4. The highest BCUT2D eigenvalue weighted by atomic mass is 32.2. The van der Waals surface area contributed by atoms with E-state index in [1.807, 2.05) is 43.3 Å². The fraction of sp³-hybridized carbons (Fsp3) is 0.357. The van der Waals surface area contributed by atoms with E-state index in [9.17, 15) is 13.2 Å². The van der Waals surface area contributed by atoms with Crippen LogP contribution in [0.15, 0.2) is 59.5 Å². The van der Waals surface area contributed by atoms with E-state index in [-0.39, 0.29) is 31.1 Å². The molecule has 7 nitrogen and oxygen atoms in total. The molecule has 2 rings (SSSR count). The quantitative estimate of drug-likeness (QED) is 0.152. The number of amides is 1. The molecule has 0 saturated carbocycles. The Morgan fingerprint density at radius 3 is 2.30 bits per heavy atom. The number of sulfonamides is 1. The molecular weight excluding hydrogens is 502 g/mol. The third-order valence-corrected chi connectivity index (χ3v) is 7.53. The van der Waals surface area contributed by atoms with Gasteiger partial charge in [0.05, 0.1) is 17.5 Å². The monoisotopic (exact) mass is 535 g/mol. The van der Waals surface area contributed by atoms with Crippen LogP contribution in [0.4, 0.5) is 4.79 Å². The fourth-order valence-electron chi connectivity index (χ4n) is 2.94. The first-order chi connectivity index (χ1) is 17.5. The van der Waals surface area contributed by atoms with Gasteiger partial charge in [-0.3, -0.25) is 4.90 Å². The number of nitrogens with zero attached hydrogens (tertiary/aromatic N) is 3. The first-order valence-electron chi connectivity index (χ1n) is 11.9. The van der Waals surface area contributed by atoms with Crippen LogP contribution in [0.5, 0.6) is 0 Å². The molecule has 0 unspecified atom stereocenters. The number of benzene rings is 2.